The molecule has 2 aliphatic carbocycles. The predicted molar refractivity (Wildman–Crippen MR) is 67.3 cm³/mol. The van der Waals surface area contributed by atoms with E-state index in [1.165, 1.54) is 24.8 Å². The second-order valence-electron chi connectivity index (χ2n) is 5.69. The topological polar surface area (TPSA) is 57.5 Å². The predicted octanol–water partition coefficient (Wildman–Crippen LogP) is 2.64. The first-order valence-electron chi connectivity index (χ1n) is 6.65. The Kier molecular flexibility index (Phi) is 2.67. The average molecular weight is 246 g/mol. The van der Waals surface area contributed by atoms with Crippen LogP contribution in [-0.4, -0.2) is 16.2 Å². The van der Waals surface area contributed by atoms with Crippen LogP contribution >= 0.6 is 0 Å². The van der Waals surface area contributed by atoms with Gasteiger partial charge in [0.05, 0.1) is 11.5 Å². The van der Waals surface area contributed by atoms with Crippen LogP contribution in [0.3, 0.4) is 0 Å². The average Bonchev–Trinajstić information content (AvgIpc) is 2.23. The van der Waals surface area contributed by atoms with Crippen LogP contribution in [0.2, 0.25) is 0 Å². The molecule has 2 fully saturated rings. The van der Waals surface area contributed by atoms with E-state index in [-0.39, 0.29) is 5.92 Å². The highest BCUT2D eigenvalue weighted by molar-refractivity contribution is 5.72. The molecular weight excluding hydrogens is 228 g/mol. The number of aliphatic hydroxyl groups is 1. The lowest BCUT2D eigenvalue weighted by molar-refractivity contribution is -0.159. The fraction of sp³-hybridized carbons (Fsp3) is 0.533. The molecule has 96 valence electrons. The molecule has 0 atom stereocenters. The summed E-state index contributed by atoms with van der Waals surface area (Å²) in [5.74, 6) is -0.612. The molecule has 3 heteroatoms. The zero-order valence-corrected chi connectivity index (χ0v) is 10.3. The molecule has 0 bridgehead atoms. The van der Waals surface area contributed by atoms with Gasteiger partial charge in [0.15, 0.2) is 0 Å². The lowest BCUT2D eigenvalue weighted by Crippen LogP contribution is -2.45. The summed E-state index contributed by atoms with van der Waals surface area (Å²) in [6.07, 6.45) is 4.35. The molecule has 0 heterocycles. The van der Waals surface area contributed by atoms with Crippen molar-refractivity contribution in [2.24, 2.45) is 5.92 Å². The minimum atomic E-state index is -0.907. The molecule has 0 spiro atoms. The van der Waals surface area contributed by atoms with Gasteiger partial charge < -0.3 is 10.2 Å². The summed E-state index contributed by atoms with van der Waals surface area (Å²) in [6, 6.07) is 7.99. The van der Waals surface area contributed by atoms with E-state index in [2.05, 4.69) is 6.07 Å². The van der Waals surface area contributed by atoms with Crippen LogP contribution < -0.4 is 0 Å². The third-order valence-corrected chi connectivity index (χ3v) is 4.52. The molecule has 0 saturated heterocycles. The standard InChI is InChI=1S/C15H18O3/c16-14(17)11-8-15(18,9-11)13-7-2-1-6-12(13)10-4-3-5-10/h1-2,6-7,10-11,18H,3-5,8-9H2,(H,16,17). The van der Waals surface area contributed by atoms with Gasteiger partial charge >= 0.3 is 5.97 Å². The number of carboxylic acids is 1. The molecule has 2 saturated carbocycles. The van der Waals surface area contributed by atoms with Gasteiger partial charge in [0.2, 0.25) is 0 Å². The van der Waals surface area contributed by atoms with E-state index in [0.29, 0.717) is 18.8 Å². The normalized spacial score (nSPS) is 31.5. The van der Waals surface area contributed by atoms with Gasteiger partial charge in [-0.05, 0) is 42.7 Å². The Hall–Kier alpha value is -1.35. The molecule has 0 unspecified atom stereocenters. The zero-order chi connectivity index (χ0) is 12.8. The second-order valence-corrected chi connectivity index (χ2v) is 5.69. The van der Waals surface area contributed by atoms with Crippen LogP contribution in [0.1, 0.15) is 49.1 Å². The van der Waals surface area contributed by atoms with Gasteiger partial charge in [-0.2, -0.15) is 0 Å². The largest absolute Gasteiger partial charge is 0.481 e. The summed E-state index contributed by atoms with van der Waals surface area (Å²) < 4.78 is 0. The van der Waals surface area contributed by atoms with E-state index in [1.807, 2.05) is 18.2 Å². The molecule has 3 rings (SSSR count). The first-order valence-corrected chi connectivity index (χ1v) is 6.65. The van der Waals surface area contributed by atoms with Gasteiger partial charge in [-0.25, -0.2) is 0 Å². The maximum Gasteiger partial charge on any atom is 0.306 e. The highest BCUT2D eigenvalue weighted by atomic mass is 16.4. The summed E-state index contributed by atoms with van der Waals surface area (Å²) in [5, 5.41) is 19.5. The van der Waals surface area contributed by atoms with Gasteiger partial charge in [-0.1, -0.05) is 30.7 Å². The van der Waals surface area contributed by atoms with Crippen LogP contribution in [0.15, 0.2) is 24.3 Å². The van der Waals surface area contributed by atoms with Crippen LogP contribution in [0.25, 0.3) is 0 Å². The monoisotopic (exact) mass is 246 g/mol. The van der Waals surface area contributed by atoms with Gasteiger partial charge in [0.1, 0.15) is 0 Å². The van der Waals surface area contributed by atoms with E-state index in [4.69, 9.17) is 5.11 Å². The van der Waals surface area contributed by atoms with Crippen molar-refractivity contribution >= 4 is 5.97 Å². The SMILES string of the molecule is O=C(O)C1CC(O)(c2ccccc2C2CCC2)C1. The summed E-state index contributed by atoms with van der Waals surface area (Å²) in [7, 11) is 0. The fourth-order valence-corrected chi connectivity index (χ4v) is 3.15. The number of benzene rings is 1. The van der Waals surface area contributed by atoms with Crippen molar-refractivity contribution in [3.05, 3.63) is 35.4 Å². The van der Waals surface area contributed by atoms with E-state index in [9.17, 15) is 9.90 Å². The smallest absolute Gasteiger partial charge is 0.306 e. The van der Waals surface area contributed by atoms with Crippen LogP contribution in [0.5, 0.6) is 0 Å². The second kappa shape index (κ2) is 4.09. The highest BCUT2D eigenvalue weighted by Gasteiger charge is 2.48. The van der Waals surface area contributed by atoms with Crippen molar-refractivity contribution in [3.8, 4) is 0 Å². The number of hydrogen-bond acceptors (Lipinski definition) is 2. The minimum absolute atomic E-state index is 0.353. The third kappa shape index (κ3) is 1.74. The molecule has 0 aromatic heterocycles. The Bertz CT molecular complexity index is 470. The first-order chi connectivity index (χ1) is 8.60. The van der Waals surface area contributed by atoms with Gasteiger partial charge in [-0.3, -0.25) is 4.79 Å². The Morgan fingerprint density at radius 2 is 1.89 bits per heavy atom. The van der Waals surface area contributed by atoms with E-state index >= 15 is 0 Å². The molecule has 1 aromatic rings. The van der Waals surface area contributed by atoms with E-state index in [0.717, 1.165) is 5.56 Å². The van der Waals surface area contributed by atoms with E-state index in [1.54, 1.807) is 0 Å². The van der Waals surface area contributed by atoms with Crippen molar-refractivity contribution in [1.82, 2.24) is 0 Å². The molecule has 0 amide bonds. The quantitative estimate of drug-likeness (QED) is 0.862. The van der Waals surface area contributed by atoms with Gasteiger partial charge in [0.25, 0.3) is 0 Å². The molecular formula is C15H18O3. The number of aliphatic carboxylic acids is 1. The summed E-state index contributed by atoms with van der Waals surface area (Å²) in [5.41, 5.74) is 1.29. The van der Waals surface area contributed by atoms with Gasteiger partial charge in [0, 0.05) is 0 Å². The number of hydrogen-bond donors (Lipinski definition) is 2. The maximum atomic E-state index is 10.9. The van der Waals surface area contributed by atoms with Crippen molar-refractivity contribution < 1.29 is 15.0 Å². The number of rotatable bonds is 3. The first kappa shape index (κ1) is 11.7. The van der Waals surface area contributed by atoms with Gasteiger partial charge in [-0.15, -0.1) is 0 Å². The third-order valence-electron chi connectivity index (χ3n) is 4.52. The van der Waals surface area contributed by atoms with Crippen LogP contribution in [0, 0.1) is 5.92 Å². The Labute approximate surface area is 106 Å². The van der Waals surface area contributed by atoms with Crippen LogP contribution in [-0.2, 0) is 10.4 Å². The Balaban J connectivity index is 1.86. The van der Waals surface area contributed by atoms with Crippen molar-refractivity contribution in [2.45, 2.75) is 43.6 Å². The molecule has 1 aromatic carbocycles. The summed E-state index contributed by atoms with van der Waals surface area (Å²) in [6.45, 7) is 0. The van der Waals surface area contributed by atoms with E-state index < -0.39 is 11.6 Å². The molecule has 0 aliphatic heterocycles. The number of carbonyl (C=O) groups is 1. The molecule has 2 aliphatic rings. The Morgan fingerprint density at radius 3 is 2.44 bits per heavy atom. The lowest BCUT2D eigenvalue weighted by atomic mass is 9.64. The number of carboxylic acid groups (broad SMARTS) is 1. The van der Waals surface area contributed by atoms with Crippen LogP contribution in [0.4, 0.5) is 0 Å². The maximum absolute atomic E-state index is 10.9. The van der Waals surface area contributed by atoms with Crippen molar-refractivity contribution in [3.63, 3.8) is 0 Å². The zero-order valence-electron chi connectivity index (χ0n) is 10.3. The van der Waals surface area contributed by atoms with Crippen molar-refractivity contribution in [2.75, 3.05) is 0 Å². The highest BCUT2D eigenvalue weighted by Crippen LogP contribution is 2.49. The minimum Gasteiger partial charge on any atom is -0.481 e. The molecule has 3 nitrogen and oxygen atoms in total. The summed E-state index contributed by atoms with van der Waals surface area (Å²) >= 11 is 0. The lowest BCUT2D eigenvalue weighted by Gasteiger charge is -2.44. The van der Waals surface area contributed by atoms with Crippen molar-refractivity contribution in [1.29, 1.82) is 0 Å². The summed E-state index contributed by atoms with van der Waals surface area (Å²) in [4.78, 5) is 10.9. The molecule has 0 radical (unpaired) electrons. The Morgan fingerprint density at radius 1 is 1.22 bits per heavy atom. The molecule has 2 N–H and O–H groups in total. The molecule has 18 heavy (non-hydrogen) atoms. The fourth-order valence-electron chi connectivity index (χ4n) is 3.15.